The minimum Gasteiger partial charge on any atom is -0.393 e. The van der Waals surface area contributed by atoms with E-state index in [0.717, 1.165) is 51.4 Å². The van der Waals surface area contributed by atoms with Crippen molar-refractivity contribution < 1.29 is 30.3 Å². The van der Waals surface area contributed by atoms with Crippen molar-refractivity contribution in [3.05, 3.63) is 23.8 Å². The first-order valence-corrected chi connectivity index (χ1v) is 16.1. The van der Waals surface area contributed by atoms with Gasteiger partial charge in [-0.2, -0.15) is 0 Å². The summed E-state index contributed by atoms with van der Waals surface area (Å²) in [5.41, 5.74) is 2.56. The Morgan fingerprint density at radius 3 is 2.38 bits per heavy atom. The molecule has 1 aliphatic heterocycles. The van der Waals surface area contributed by atoms with Crippen molar-refractivity contribution in [1.29, 1.82) is 0 Å². The van der Waals surface area contributed by atoms with E-state index in [1.807, 2.05) is 0 Å². The molecule has 40 heavy (non-hydrogen) atoms. The number of fused-ring (bicyclic) bond motifs is 5. The van der Waals surface area contributed by atoms with Gasteiger partial charge in [0.15, 0.2) is 0 Å². The van der Waals surface area contributed by atoms with E-state index in [9.17, 15) is 25.5 Å². The first-order valence-electron chi connectivity index (χ1n) is 16.1. The molecule has 4 fully saturated rings. The first-order chi connectivity index (χ1) is 18.7. The van der Waals surface area contributed by atoms with Crippen LogP contribution in [0.2, 0.25) is 0 Å². The Labute approximate surface area is 241 Å². The average molecular weight is 561 g/mol. The van der Waals surface area contributed by atoms with Crippen molar-refractivity contribution in [3.63, 3.8) is 0 Å². The predicted molar refractivity (Wildman–Crippen MR) is 156 cm³/mol. The highest BCUT2D eigenvalue weighted by molar-refractivity contribution is 5.28. The summed E-state index contributed by atoms with van der Waals surface area (Å²) in [6.45, 7) is 17.5. The molecular weight excluding hydrogens is 504 g/mol. The lowest BCUT2D eigenvalue weighted by Gasteiger charge is -2.60. The Morgan fingerprint density at radius 1 is 1.00 bits per heavy atom. The molecular formula is C34H56O6. The van der Waals surface area contributed by atoms with Crippen molar-refractivity contribution in [1.82, 2.24) is 0 Å². The van der Waals surface area contributed by atoms with Crippen LogP contribution in [0.3, 0.4) is 0 Å². The van der Waals surface area contributed by atoms with Gasteiger partial charge < -0.3 is 30.3 Å². The van der Waals surface area contributed by atoms with Crippen LogP contribution in [-0.4, -0.2) is 68.3 Å². The highest BCUT2D eigenvalue weighted by atomic mass is 16.5. The van der Waals surface area contributed by atoms with Crippen molar-refractivity contribution in [2.75, 3.05) is 0 Å². The van der Waals surface area contributed by atoms with Crippen LogP contribution < -0.4 is 0 Å². The molecule has 6 heteroatoms. The van der Waals surface area contributed by atoms with Gasteiger partial charge in [0.1, 0.15) is 18.3 Å². The van der Waals surface area contributed by atoms with Gasteiger partial charge >= 0.3 is 0 Å². The Morgan fingerprint density at radius 2 is 1.70 bits per heavy atom. The number of hydrogen-bond donors (Lipinski definition) is 5. The molecule has 1 saturated heterocycles. The van der Waals surface area contributed by atoms with Crippen LogP contribution in [0.1, 0.15) is 92.9 Å². The lowest BCUT2D eigenvalue weighted by Crippen LogP contribution is -2.60. The van der Waals surface area contributed by atoms with Crippen molar-refractivity contribution in [2.24, 2.45) is 52.3 Å². The molecule has 6 nitrogen and oxygen atoms in total. The summed E-state index contributed by atoms with van der Waals surface area (Å²) >= 11 is 0. The number of rotatable bonds is 6. The summed E-state index contributed by atoms with van der Waals surface area (Å²) in [5, 5.41) is 54.5. The van der Waals surface area contributed by atoms with E-state index in [0.29, 0.717) is 23.7 Å². The maximum atomic E-state index is 11.7. The number of aliphatic hydroxyl groups excluding tert-OH is 5. The molecule has 5 rings (SSSR count). The fourth-order valence-electron chi connectivity index (χ4n) is 10.4. The molecule has 15 atom stereocenters. The van der Waals surface area contributed by atoms with E-state index in [-0.39, 0.29) is 34.7 Å². The van der Waals surface area contributed by atoms with Gasteiger partial charge in [0.2, 0.25) is 0 Å². The second kappa shape index (κ2) is 11.1. The molecule has 0 radical (unpaired) electrons. The quantitative estimate of drug-likeness (QED) is 0.303. The van der Waals surface area contributed by atoms with Gasteiger partial charge in [-0.05, 0) is 111 Å². The second-order valence-electron chi connectivity index (χ2n) is 15.4. The van der Waals surface area contributed by atoms with E-state index in [4.69, 9.17) is 4.74 Å². The summed E-state index contributed by atoms with van der Waals surface area (Å²) in [6.07, 6.45) is 4.34. The highest BCUT2D eigenvalue weighted by Gasteiger charge is 2.63. The Hall–Kier alpha value is -0.760. The Balaban J connectivity index is 1.35. The van der Waals surface area contributed by atoms with Crippen LogP contribution >= 0.6 is 0 Å². The third-order valence-corrected chi connectivity index (χ3v) is 13.0. The van der Waals surface area contributed by atoms with Crippen LogP contribution in [0, 0.1) is 52.3 Å². The maximum absolute atomic E-state index is 11.7. The molecule has 0 aromatic heterocycles. The van der Waals surface area contributed by atoms with E-state index in [2.05, 4.69) is 47.3 Å². The van der Waals surface area contributed by atoms with E-state index in [1.54, 1.807) is 6.92 Å². The number of aliphatic hydroxyl groups is 5. The minimum absolute atomic E-state index is 0.0191. The topological polar surface area (TPSA) is 110 Å². The summed E-state index contributed by atoms with van der Waals surface area (Å²) in [6, 6.07) is 0. The van der Waals surface area contributed by atoms with Crippen LogP contribution in [0.4, 0.5) is 0 Å². The van der Waals surface area contributed by atoms with Gasteiger partial charge in [0, 0.05) is 0 Å². The summed E-state index contributed by atoms with van der Waals surface area (Å²) in [4.78, 5) is 0. The SMILES string of the molecule is C=C(CC[C@@H](C)[C@H]1[C@@H](O)C[C@H]2[C@@H]3[C@@H](O)C=C4C[C@@H]([C@@H]5O[C@@H](C)[C@@H](O)[C@@H](O)[C@@H]5O)CC[C@]4(C)[C@H]3CC[C@]12C)C(C)C. The Bertz CT molecular complexity index is 977. The van der Waals surface area contributed by atoms with E-state index in [1.165, 1.54) is 11.1 Å². The van der Waals surface area contributed by atoms with Crippen LogP contribution in [0.25, 0.3) is 0 Å². The molecule has 228 valence electrons. The fourth-order valence-corrected chi connectivity index (χ4v) is 10.4. The standard InChI is InChI=1S/C34H56O6/c1-17(2)18(3)8-9-19(4)28-26(36)16-24-27-23(11-13-34(24,28)7)33(6)12-10-21(14-22(33)15-25(27)35)32-31(39)30(38)29(37)20(5)40-32/h15,17,19-21,23-32,35-39H,3,8-14,16H2,1-2,4-7H3/t19-,20+,21+,23+,24+,25+,26+,27-,28+,29-,30-,31+,32+,33+,34+/m1/s1. The zero-order valence-electron chi connectivity index (χ0n) is 25.7. The zero-order valence-corrected chi connectivity index (χ0v) is 25.7. The average Bonchev–Trinajstić information content (AvgIpc) is 3.17. The van der Waals surface area contributed by atoms with Gasteiger partial charge in [-0.15, -0.1) is 0 Å². The van der Waals surface area contributed by atoms with Gasteiger partial charge in [-0.3, -0.25) is 0 Å². The van der Waals surface area contributed by atoms with E-state index < -0.39 is 36.6 Å². The lowest BCUT2D eigenvalue weighted by atomic mass is 9.45. The van der Waals surface area contributed by atoms with Gasteiger partial charge in [-0.1, -0.05) is 58.4 Å². The third kappa shape index (κ3) is 4.87. The normalized spacial score (nSPS) is 51.5. The molecule has 5 aliphatic rings. The molecule has 0 aromatic carbocycles. The molecule has 0 aromatic rings. The molecule has 0 amide bonds. The predicted octanol–water partition coefficient (Wildman–Crippen LogP) is 4.62. The Kier molecular flexibility index (Phi) is 8.49. The van der Waals surface area contributed by atoms with Crippen LogP contribution in [0.15, 0.2) is 23.8 Å². The lowest BCUT2D eigenvalue weighted by molar-refractivity contribution is -0.232. The molecule has 5 N–H and O–H groups in total. The summed E-state index contributed by atoms with van der Waals surface area (Å²) in [5.74, 6) is 1.99. The molecule has 0 spiro atoms. The number of hydrogen-bond acceptors (Lipinski definition) is 6. The van der Waals surface area contributed by atoms with Crippen molar-refractivity contribution >= 4 is 0 Å². The van der Waals surface area contributed by atoms with E-state index >= 15 is 0 Å². The first kappa shape index (κ1) is 30.7. The summed E-state index contributed by atoms with van der Waals surface area (Å²) in [7, 11) is 0. The van der Waals surface area contributed by atoms with Crippen molar-refractivity contribution in [2.45, 2.75) is 136 Å². The highest BCUT2D eigenvalue weighted by Crippen LogP contribution is 2.67. The largest absolute Gasteiger partial charge is 0.393 e. The smallest absolute Gasteiger partial charge is 0.111 e. The van der Waals surface area contributed by atoms with Crippen molar-refractivity contribution in [3.8, 4) is 0 Å². The molecule has 0 unspecified atom stereocenters. The van der Waals surface area contributed by atoms with Gasteiger partial charge in [0.25, 0.3) is 0 Å². The van der Waals surface area contributed by atoms with Gasteiger partial charge in [-0.25, -0.2) is 0 Å². The molecule has 3 saturated carbocycles. The number of allylic oxidation sites excluding steroid dienone is 2. The minimum atomic E-state index is -1.21. The monoisotopic (exact) mass is 560 g/mol. The second-order valence-corrected chi connectivity index (χ2v) is 15.4. The number of ether oxygens (including phenoxy) is 1. The maximum Gasteiger partial charge on any atom is 0.111 e. The molecule has 4 aliphatic carbocycles. The van der Waals surface area contributed by atoms with Gasteiger partial charge in [0.05, 0.1) is 24.4 Å². The van der Waals surface area contributed by atoms with Crippen LogP contribution in [-0.2, 0) is 4.74 Å². The zero-order chi connectivity index (χ0) is 29.3. The summed E-state index contributed by atoms with van der Waals surface area (Å²) < 4.78 is 6.05. The molecule has 0 bridgehead atoms. The van der Waals surface area contributed by atoms with Crippen LogP contribution in [0.5, 0.6) is 0 Å². The molecule has 1 heterocycles. The fraction of sp³-hybridized carbons (Fsp3) is 0.882. The third-order valence-electron chi connectivity index (χ3n) is 13.0.